The Morgan fingerprint density at radius 2 is 0.446 bits per heavy atom. The van der Waals surface area contributed by atoms with Crippen LogP contribution in [0.25, 0.3) is 43.6 Å². The fourth-order valence-electron chi connectivity index (χ4n) is 3.36. The fourth-order valence-corrected chi connectivity index (χ4v) is 3.36. The minimum Gasteiger partial charge on any atom is -2.00 e. The number of pyridine rings is 4. The van der Waals surface area contributed by atoms with Crippen LogP contribution in [0.5, 0.6) is 0 Å². The summed E-state index contributed by atoms with van der Waals surface area (Å²) < 4.78 is 0. The fraction of sp³-hybridized carbons (Fsp3) is 0.333. The number of aromatic nitrogens is 4. The molecule has 0 atom stereocenters. The van der Waals surface area contributed by atoms with Gasteiger partial charge in [0.1, 0.15) is 0 Å². The zero-order valence-electron chi connectivity index (χ0n) is 32.0. The molecule has 0 N–H and O–H groups in total. The standard InChI is InChI=1S/2C12H8N2.6C2H5O.6O.4V/c2*1-3-9-5-6-10-4-2-8-14-12(10)11(9)13-7-1;6*1-2-3;;;;;;;;;;/h2*1-8H;6*2H2,1H3;;;;;;;;;;/q;;6*-1;6*-2;;;2*+4. The summed E-state index contributed by atoms with van der Waals surface area (Å²) in [4.78, 5) is 17.4. The Bertz CT molecular complexity index is 1350. The van der Waals surface area contributed by atoms with Crippen molar-refractivity contribution in [3.05, 3.63) is 97.6 Å². The van der Waals surface area contributed by atoms with E-state index in [-0.39, 0.29) is 147 Å². The van der Waals surface area contributed by atoms with Crippen LogP contribution in [0.4, 0.5) is 0 Å². The van der Waals surface area contributed by atoms with Crippen LogP contribution in [0.3, 0.4) is 0 Å². The van der Waals surface area contributed by atoms with Gasteiger partial charge in [0.15, 0.2) is 0 Å². The van der Waals surface area contributed by atoms with Gasteiger partial charge in [-0.15, -0.1) is 39.6 Å². The van der Waals surface area contributed by atoms with Gasteiger partial charge in [-0.05, 0) is 24.3 Å². The summed E-state index contributed by atoms with van der Waals surface area (Å²) in [6.07, 6.45) is 7.21. The molecule has 4 radical (unpaired) electrons. The molecule has 312 valence electrons. The first-order valence-corrected chi connectivity index (χ1v) is 15.0. The van der Waals surface area contributed by atoms with Gasteiger partial charge < -0.3 is 63.5 Å². The Labute approximate surface area is 377 Å². The molecule has 16 nitrogen and oxygen atoms in total. The van der Waals surface area contributed by atoms with Crippen molar-refractivity contribution < 1.29 is 138 Å². The van der Waals surface area contributed by atoms with Crippen LogP contribution < -0.4 is 30.6 Å². The molecular weight excluding hydrogens is 884 g/mol. The molecule has 0 unspecified atom stereocenters. The maximum atomic E-state index is 8.93. The zero-order chi connectivity index (χ0) is 35.0. The molecule has 4 heterocycles. The van der Waals surface area contributed by atoms with Gasteiger partial charge >= 0.3 is 37.1 Å². The second-order valence-electron chi connectivity index (χ2n) is 8.16. The van der Waals surface area contributed by atoms with E-state index >= 15 is 0 Å². The van der Waals surface area contributed by atoms with Gasteiger partial charge in [0.2, 0.25) is 0 Å². The van der Waals surface area contributed by atoms with Gasteiger partial charge in [-0.2, -0.15) is 0 Å². The molecule has 4 aromatic heterocycles. The topological polar surface area (TPSA) is 361 Å². The molecule has 0 fully saturated rings. The Kier molecular flexibility index (Phi) is 95.4. The van der Waals surface area contributed by atoms with Crippen LogP contribution in [-0.2, 0) is 107 Å². The van der Waals surface area contributed by atoms with Gasteiger partial charge in [0.25, 0.3) is 0 Å². The largest absolute Gasteiger partial charge is 4.00 e. The average molecular weight is 931 g/mol. The van der Waals surface area contributed by atoms with Gasteiger partial charge in [-0.25, -0.2) is 0 Å². The van der Waals surface area contributed by atoms with E-state index in [0.717, 1.165) is 43.6 Å². The summed E-state index contributed by atoms with van der Waals surface area (Å²) in [5.41, 5.74) is 3.91. The maximum absolute atomic E-state index is 8.93. The molecule has 0 aliphatic rings. The molecule has 6 rings (SSSR count). The molecule has 0 amide bonds. The third-order valence-corrected chi connectivity index (χ3v) is 4.69. The number of hydrogen-bond acceptors (Lipinski definition) is 10. The first kappa shape index (κ1) is 85.9. The number of fused-ring (bicyclic) bond motifs is 6. The second-order valence-corrected chi connectivity index (χ2v) is 8.16. The summed E-state index contributed by atoms with van der Waals surface area (Å²) >= 11 is 0. The Morgan fingerprint density at radius 1 is 0.321 bits per heavy atom. The van der Waals surface area contributed by atoms with E-state index in [4.69, 9.17) is 30.6 Å². The van der Waals surface area contributed by atoms with E-state index in [1.807, 2.05) is 24.3 Å². The van der Waals surface area contributed by atoms with Crippen LogP contribution in [0, 0.1) is 0 Å². The van der Waals surface area contributed by atoms with Gasteiger partial charge in [0.05, 0.1) is 22.1 Å². The van der Waals surface area contributed by atoms with Crippen molar-refractivity contribution in [3.8, 4) is 0 Å². The van der Waals surface area contributed by atoms with Crippen molar-refractivity contribution >= 4 is 43.6 Å². The molecule has 0 saturated carbocycles. The SMILES string of the molecule is CC[O-].CC[O-].CC[O-].CC[O-].CC[O-].CC[O-].[O-2].[O-2].[O-2].[O-2].[O-2].[O-2].[V+4].[V+4].[V].[V].c1cnc2c(c1)ccc1cccnc12.c1cnc2c(c1)ccc1cccnc12. The molecule has 0 aliphatic heterocycles. The van der Waals surface area contributed by atoms with Crippen molar-refractivity contribution in [2.45, 2.75) is 41.5 Å². The van der Waals surface area contributed by atoms with Crippen molar-refractivity contribution in [2.75, 3.05) is 39.6 Å². The number of hydrogen-bond donors (Lipinski definition) is 0. The predicted molar refractivity (Wildman–Crippen MR) is 181 cm³/mol. The smallest absolute Gasteiger partial charge is 2.00 e. The molecule has 20 heteroatoms. The monoisotopic (exact) mass is 930 g/mol. The molecule has 0 bridgehead atoms. The van der Waals surface area contributed by atoms with E-state index in [1.54, 1.807) is 66.3 Å². The van der Waals surface area contributed by atoms with E-state index in [0.29, 0.717) is 0 Å². The second kappa shape index (κ2) is 62.1. The number of benzene rings is 2. The van der Waals surface area contributed by atoms with Gasteiger partial charge in [-0.1, -0.05) is 90.1 Å². The summed E-state index contributed by atoms with van der Waals surface area (Å²) in [5.74, 6) is 0. The third kappa shape index (κ3) is 37.5. The molecular formula is C36H46N4O12V4-10. The minimum absolute atomic E-state index is 0. The average Bonchev–Trinajstić information content (AvgIpc) is 3.07. The first-order chi connectivity index (χ1) is 22.4. The first-order valence-electron chi connectivity index (χ1n) is 15.0. The van der Waals surface area contributed by atoms with E-state index < -0.39 is 0 Å². The zero-order valence-corrected chi connectivity index (χ0v) is 37.5. The van der Waals surface area contributed by atoms with E-state index in [9.17, 15) is 0 Å². The minimum atomic E-state index is 0. The maximum Gasteiger partial charge on any atom is 4.00 e. The van der Waals surface area contributed by atoms with Crippen molar-refractivity contribution in [1.29, 1.82) is 0 Å². The van der Waals surface area contributed by atoms with Crippen molar-refractivity contribution in [2.24, 2.45) is 0 Å². The Balaban J connectivity index is -0.0000000435. The van der Waals surface area contributed by atoms with Gasteiger partial charge in [0, 0.05) is 83.4 Å². The predicted octanol–water partition coefficient (Wildman–Crippen LogP) is 1.04. The molecule has 0 saturated heterocycles. The van der Waals surface area contributed by atoms with Gasteiger partial charge in [-0.3, -0.25) is 19.9 Å². The molecule has 6 aromatic rings. The van der Waals surface area contributed by atoms with E-state index in [2.05, 4.69) is 68.5 Å². The van der Waals surface area contributed by atoms with Crippen LogP contribution in [0.15, 0.2) is 97.6 Å². The molecule has 0 spiro atoms. The van der Waals surface area contributed by atoms with Crippen LogP contribution in [-0.4, -0.2) is 59.6 Å². The molecule has 2 aromatic carbocycles. The molecule has 56 heavy (non-hydrogen) atoms. The Morgan fingerprint density at radius 3 is 0.571 bits per heavy atom. The van der Waals surface area contributed by atoms with Crippen LogP contribution >= 0.6 is 0 Å². The molecule has 0 aliphatic carbocycles. The van der Waals surface area contributed by atoms with Crippen LogP contribution in [0.1, 0.15) is 41.5 Å². The van der Waals surface area contributed by atoms with Crippen molar-refractivity contribution in [3.63, 3.8) is 0 Å². The summed E-state index contributed by atoms with van der Waals surface area (Å²) in [6, 6.07) is 24.3. The normalized spacial score (nSPS) is 7.36. The van der Waals surface area contributed by atoms with Crippen LogP contribution in [0.2, 0.25) is 0 Å². The summed E-state index contributed by atoms with van der Waals surface area (Å²) in [5, 5.41) is 58.1. The quantitative estimate of drug-likeness (QED) is 0.195. The number of nitrogens with zero attached hydrogens (tertiary/aromatic N) is 4. The summed E-state index contributed by atoms with van der Waals surface area (Å²) in [6.45, 7) is 9.42. The van der Waals surface area contributed by atoms with E-state index in [1.165, 1.54) is 0 Å². The number of rotatable bonds is 0. The summed E-state index contributed by atoms with van der Waals surface area (Å²) in [7, 11) is 0. The Hall–Kier alpha value is -2.06. The van der Waals surface area contributed by atoms with Crippen molar-refractivity contribution in [1.82, 2.24) is 19.9 Å². The third-order valence-electron chi connectivity index (χ3n) is 4.69.